The van der Waals surface area contributed by atoms with Gasteiger partial charge in [0.25, 0.3) is 0 Å². The molecular weight excluding hydrogens is 383 g/mol. The molecule has 0 aliphatic carbocycles. The van der Waals surface area contributed by atoms with E-state index >= 15 is 0 Å². The number of hydrogen-bond acceptors (Lipinski definition) is 5. The van der Waals surface area contributed by atoms with E-state index in [-0.39, 0.29) is 11.5 Å². The normalized spacial score (nSPS) is 9.33. The molecule has 8 heteroatoms. The molecule has 2 aromatic heterocycles. The van der Waals surface area contributed by atoms with E-state index in [1.54, 1.807) is 21.3 Å². The Morgan fingerprint density at radius 1 is 0.875 bits per heavy atom. The van der Waals surface area contributed by atoms with Gasteiger partial charge in [-0.05, 0) is 25.0 Å². The summed E-state index contributed by atoms with van der Waals surface area (Å²) in [6.07, 6.45) is 5.68. The van der Waals surface area contributed by atoms with Crippen LogP contribution in [0, 0.1) is 9.28 Å². The second kappa shape index (κ2) is 13.1. The van der Waals surface area contributed by atoms with Crippen molar-refractivity contribution in [3.05, 3.63) is 45.9 Å². The first-order valence-electron chi connectivity index (χ1n) is 7.42. The first-order chi connectivity index (χ1) is 11.5. The molecule has 5 nitrogen and oxygen atoms in total. The molecule has 0 saturated carbocycles. The third kappa shape index (κ3) is 7.53. The summed E-state index contributed by atoms with van der Waals surface area (Å²) in [7, 11) is 0. The minimum absolute atomic E-state index is 0.0593. The van der Waals surface area contributed by atoms with Crippen molar-refractivity contribution in [3.63, 3.8) is 0 Å². The maximum absolute atomic E-state index is 11.0. The van der Waals surface area contributed by atoms with Crippen LogP contribution in [0.2, 0.25) is 0 Å². The van der Waals surface area contributed by atoms with E-state index < -0.39 is 0 Å². The Bertz CT molecular complexity index is 670. The van der Waals surface area contributed by atoms with Crippen LogP contribution in [0.5, 0.6) is 11.5 Å². The molecule has 0 bridgehead atoms. The topological polar surface area (TPSA) is 73.1 Å². The van der Waals surface area contributed by atoms with Crippen molar-refractivity contribution in [2.75, 3.05) is 0 Å². The molecule has 2 heterocycles. The predicted octanol–water partition coefficient (Wildman–Crippen LogP) is 3.28. The molecule has 0 amide bonds. The third-order valence-corrected chi connectivity index (χ3v) is 3.77. The summed E-state index contributed by atoms with van der Waals surface area (Å²) < 4.78 is 12.6. The van der Waals surface area contributed by atoms with Crippen molar-refractivity contribution >= 4 is 24.4 Å². The summed E-state index contributed by atoms with van der Waals surface area (Å²) >= 11 is 10.9. The molecular formula is C16H20N2O3S2V. The number of pyridine rings is 2. The molecule has 129 valence electrons. The molecule has 0 unspecified atom stereocenters. The summed E-state index contributed by atoms with van der Waals surface area (Å²) in [5, 5.41) is 22.0. The zero-order valence-corrected chi connectivity index (χ0v) is 16.7. The van der Waals surface area contributed by atoms with E-state index in [1.807, 2.05) is 12.4 Å². The second-order valence-corrected chi connectivity index (χ2v) is 5.52. The summed E-state index contributed by atoms with van der Waals surface area (Å²) in [4.78, 5) is 0. The Hall–Kier alpha value is -1.28. The fourth-order valence-corrected chi connectivity index (χ4v) is 2.30. The zero-order chi connectivity index (χ0) is 18.5. The Labute approximate surface area is 161 Å². The molecule has 24 heavy (non-hydrogen) atoms. The van der Waals surface area contributed by atoms with Crippen LogP contribution in [0.25, 0.3) is 0 Å². The van der Waals surface area contributed by atoms with Crippen molar-refractivity contribution in [1.82, 2.24) is 9.13 Å². The molecule has 0 saturated heterocycles. The monoisotopic (exact) mass is 403 g/mol. The van der Waals surface area contributed by atoms with E-state index in [0.29, 0.717) is 9.28 Å². The van der Waals surface area contributed by atoms with Gasteiger partial charge in [-0.3, -0.25) is 0 Å². The van der Waals surface area contributed by atoms with Gasteiger partial charge in [-0.1, -0.05) is 61.9 Å². The second-order valence-electron chi connectivity index (χ2n) is 4.74. The Morgan fingerprint density at radius 2 is 1.21 bits per heavy atom. The minimum atomic E-state index is -0.0593. The Balaban J connectivity index is 0.000000400. The van der Waals surface area contributed by atoms with Gasteiger partial charge in [-0.25, -0.2) is 0 Å². The quantitative estimate of drug-likeness (QED) is 0.733. The number of hydrogen-bond donors (Lipinski definition) is 0. The average molecular weight is 403 g/mol. The first-order valence-corrected chi connectivity index (χ1v) is 8.81. The van der Waals surface area contributed by atoms with E-state index in [9.17, 15) is 10.2 Å². The molecule has 2 aromatic rings. The number of aromatic nitrogens is 2. The Kier molecular flexibility index (Phi) is 12.4. The van der Waals surface area contributed by atoms with Crippen LogP contribution in [-0.2, 0) is 34.1 Å². The van der Waals surface area contributed by atoms with Gasteiger partial charge in [0.1, 0.15) is 0 Å². The third-order valence-electron chi connectivity index (χ3n) is 2.90. The summed E-state index contributed by atoms with van der Waals surface area (Å²) in [6, 6.07) is 6.45. The van der Waals surface area contributed by atoms with Gasteiger partial charge < -0.3 is 19.3 Å². The maximum atomic E-state index is 11.0. The molecule has 0 aliphatic heterocycles. The van der Waals surface area contributed by atoms with Crippen LogP contribution >= 0.6 is 24.4 Å². The predicted molar refractivity (Wildman–Crippen MR) is 90.7 cm³/mol. The van der Waals surface area contributed by atoms with E-state index in [2.05, 4.69) is 13.8 Å². The van der Waals surface area contributed by atoms with E-state index in [0.717, 1.165) is 43.3 Å². The molecule has 0 aromatic carbocycles. The van der Waals surface area contributed by atoms with Crippen molar-refractivity contribution < 1.29 is 31.3 Å². The molecule has 0 spiro atoms. The van der Waals surface area contributed by atoms with Crippen molar-refractivity contribution in [3.8, 4) is 11.5 Å². The van der Waals surface area contributed by atoms with Crippen LogP contribution < -0.4 is 10.2 Å². The van der Waals surface area contributed by atoms with E-state index in [1.165, 1.54) is 12.1 Å². The fraction of sp³-hybridized carbons (Fsp3) is 0.375. The first kappa shape index (κ1) is 22.7. The van der Waals surface area contributed by atoms with Crippen LogP contribution in [0.15, 0.2) is 36.7 Å². The van der Waals surface area contributed by atoms with Crippen molar-refractivity contribution in [2.45, 2.75) is 39.8 Å². The number of aryl methyl sites for hydroxylation is 2. The summed E-state index contributed by atoms with van der Waals surface area (Å²) in [5.41, 5.74) is 0. The van der Waals surface area contributed by atoms with Gasteiger partial charge >= 0.3 is 21.0 Å². The van der Waals surface area contributed by atoms with Crippen molar-refractivity contribution in [1.29, 1.82) is 0 Å². The van der Waals surface area contributed by atoms with Gasteiger partial charge in [0, 0.05) is 25.5 Å². The Morgan fingerprint density at radius 3 is 1.50 bits per heavy atom. The molecule has 0 N–H and O–H groups in total. The number of nitrogens with zero attached hydrogens (tertiary/aromatic N) is 2. The zero-order valence-electron chi connectivity index (χ0n) is 13.7. The fourth-order valence-electron chi connectivity index (χ4n) is 1.86. The van der Waals surface area contributed by atoms with Gasteiger partial charge in [0.05, 0.1) is 9.28 Å². The molecule has 0 radical (unpaired) electrons. The van der Waals surface area contributed by atoms with Gasteiger partial charge in [0.15, 0.2) is 0 Å². The molecule has 2 rings (SSSR count). The van der Waals surface area contributed by atoms with E-state index in [4.69, 9.17) is 28.1 Å². The van der Waals surface area contributed by atoms with Crippen LogP contribution in [0.3, 0.4) is 0 Å². The average Bonchev–Trinajstić information content (AvgIpc) is 2.59. The van der Waals surface area contributed by atoms with Gasteiger partial charge in [-0.15, -0.1) is 0 Å². The molecule has 0 atom stereocenters. The standard InChI is InChI=1S/2C8H11NOS.O.V/c2*1-2-5-9-6-3-4-7(10)8(9)11;;/h2*3-4,6,10H,2,5H2,1H3;;/q;;;+2/p-2. The summed E-state index contributed by atoms with van der Waals surface area (Å²) in [6.45, 7) is 5.77. The van der Waals surface area contributed by atoms with Crippen LogP contribution in [0.1, 0.15) is 26.7 Å². The molecule has 0 aliphatic rings. The van der Waals surface area contributed by atoms with Crippen molar-refractivity contribution in [2.24, 2.45) is 0 Å². The van der Waals surface area contributed by atoms with Gasteiger partial charge in [-0.2, -0.15) is 0 Å². The van der Waals surface area contributed by atoms with Gasteiger partial charge in [0.2, 0.25) is 0 Å². The van der Waals surface area contributed by atoms with Crippen LogP contribution in [-0.4, -0.2) is 9.13 Å². The number of rotatable bonds is 4. The SMILES string of the molecule is CCCn1cccc([O-])c1=S.CCCn1cccc([O-])c1=S.[O]=[V+2]. The van der Waals surface area contributed by atoms with Crippen LogP contribution in [0.4, 0.5) is 0 Å². The molecule has 0 fully saturated rings. The summed E-state index contributed by atoms with van der Waals surface area (Å²) in [5.74, 6) is -0.119.